The molecule has 96 valence electrons. The van der Waals surface area contributed by atoms with Gasteiger partial charge in [-0.05, 0) is 17.2 Å². The summed E-state index contributed by atoms with van der Waals surface area (Å²) in [5.74, 6) is 0. The first-order valence-corrected chi connectivity index (χ1v) is 9.68. The highest BCUT2D eigenvalue weighted by Gasteiger charge is 2.26. The molecule has 0 aliphatic heterocycles. The molecule has 0 saturated heterocycles. The Balaban J connectivity index is 2.03. The molecular weight excluding hydrogens is 320 g/mol. The van der Waals surface area contributed by atoms with E-state index in [0.29, 0.717) is 0 Å². The Kier molecular flexibility index (Phi) is 3.32. The second-order valence-corrected chi connectivity index (χ2v) is 8.48. The molecule has 0 fully saturated rings. The van der Waals surface area contributed by atoms with Crippen molar-refractivity contribution >= 4 is 45.3 Å². The number of hydrogen-bond acceptors (Lipinski definition) is 2. The molecule has 2 aliphatic rings. The third kappa shape index (κ3) is 2.09. The average Bonchev–Trinajstić information content (AvgIpc) is 3.16. The summed E-state index contributed by atoms with van der Waals surface area (Å²) in [6, 6.07) is 13.2. The van der Waals surface area contributed by atoms with Crippen LogP contribution in [0.3, 0.4) is 0 Å². The van der Waals surface area contributed by atoms with Gasteiger partial charge in [0.1, 0.15) is 21.5 Å². The Morgan fingerprint density at radius 3 is 1.65 bits per heavy atom. The summed E-state index contributed by atoms with van der Waals surface area (Å²) in [7, 11) is 0. The highest BCUT2D eigenvalue weighted by molar-refractivity contribution is 7.34. The Morgan fingerprint density at radius 2 is 1.20 bits per heavy atom. The van der Waals surface area contributed by atoms with Crippen molar-refractivity contribution in [2.75, 3.05) is 0 Å². The Bertz CT molecular complexity index is 735. The fraction of sp³-hybridized carbons (Fsp3) is 0. The molecule has 20 heavy (non-hydrogen) atoms. The van der Waals surface area contributed by atoms with Crippen LogP contribution in [-0.4, -0.2) is 0 Å². The molecular formula is C16H10S4+2. The average molecular weight is 331 g/mol. The summed E-state index contributed by atoms with van der Waals surface area (Å²) in [5.41, 5.74) is 5.44. The highest BCUT2D eigenvalue weighted by atomic mass is 32.2. The second-order valence-electron chi connectivity index (χ2n) is 4.30. The molecule has 0 bridgehead atoms. The van der Waals surface area contributed by atoms with Gasteiger partial charge in [0.15, 0.2) is 0 Å². The summed E-state index contributed by atoms with van der Waals surface area (Å²) in [4.78, 5) is 0. The summed E-state index contributed by atoms with van der Waals surface area (Å²) in [5, 5.41) is 8.65. The van der Waals surface area contributed by atoms with Crippen LogP contribution >= 0.6 is 45.3 Å². The van der Waals surface area contributed by atoms with Crippen molar-refractivity contribution in [3.63, 3.8) is 0 Å². The van der Waals surface area contributed by atoms with Crippen LogP contribution in [0.2, 0.25) is 0 Å². The standard InChI is InChI=1S/C16H10S4/c1-2-4-11-12(5-3-1)14(16-19-8-9-20-16)10-13(11)15-17-6-7-18-15/h1-10H/q+2. The van der Waals surface area contributed by atoms with Crippen molar-refractivity contribution in [3.8, 4) is 30.6 Å². The SMILES string of the molecule is c1ccc2c(-c3scc[s+]3)cc(-c3scc[s+]3)c-2cc1. The zero-order chi connectivity index (χ0) is 13.4. The van der Waals surface area contributed by atoms with Crippen LogP contribution in [0.5, 0.6) is 0 Å². The third-order valence-corrected chi connectivity index (χ3v) is 7.48. The molecule has 2 aromatic heterocycles. The first-order chi connectivity index (χ1) is 9.93. The molecule has 4 rings (SSSR count). The van der Waals surface area contributed by atoms with E-state index in [9.17, 15) is 0 Å². The molecule has 0 atom stereocenters. The Hall–Kier alpha value is -1.20. The number of rotatable bonds is 2. The van der Waals surface area contributed by atoms with E-state index >= 15 is 0 Å². The predicted octanol–water partition coefficient (Wildman–Crippen LogP) is 6.93. The lowest BCUT2D eigenvalue weighted by Gasteiger charge is -1.94. The van der Waals surface area contributed by atoms with Gasteiger partial charge >= 0.3 is 0 Å². The molecule has 0 radical (unpaired) electrons. The van der Waals surface area contributed by atoms with Gasteiger partial charge in [0.05, 0.1) is 56.5 Å². The van der Waals surface area contributed by atoms with E-state index in [2.05, 4.69) is 57.9 Å². The van der Waals surface area contributed by atoms with E-state index in [0.717, 1.165) is 0 Å². The van der Waals surface area contributed by atoms with Crippen LogP contribution in [-0.2, 0) is 0 Å². The lowest BCUT2D eigenvalue weighted by molar-refractivity contribution is 1.84. The van der Waals surface area contributed by atoms with Crippen LogP contribution in [0.1, 0.15) is 0 Å². The largest absolute Gasteiger partial charge is 0.285 e. The fourth-order valence-corrected chi connectivity index (χ4v) is 6.00. The molecule has 2 aliphatic carbocycles. The molecule has 2 aromatic rings. The maximum Gasteiger partial charge on any atom is 0.285 e. The van der Waals surface area contributed by atoms with Gasteiger partial charge in [-0.1, -0.05) is 30.3 Å². The van der Waals surface area contributed by atoms with E-state index in [4.69, 9.17) is 0 Å². The van der Waals surface area contributed by atoms with Crippen molar-refractivity contribution < 1.29 is 0 Å². The van der Waals surface area contributed by atoms with Crippen LogP contribution < -0.4 is 0 Å². The monoisotopic (exact) mass is 330 g/mol. The third-order valence-electron chi connectivity index (χ3n) is 3.16. The number of fused-ring (bicyclic) bond motifs is 1. The van der Waals surface area contributed by atoms with E-state index in [1.54, 1.807) is 0 Å². The highest BCUT2D eigenvalue weighted by Crippen LogP contribution is 2.47. The quantitative estimate of drug-likeness (QED) is 0.349. The van der Waals surface area contributed by atoms with Crippen LogP contribution in [0, 0.1) is 0 Å². The minimum absolute atomic E-state index is 1.35. The van der Waals surface area contributed by atoms with E-state index in [-0.39, 0.29) is 0 Å². The molecule has 0 saturated carbocycles. The summed E-state index contributed by atoms with van der Waals surface area (Å²) in [6.07, 6.45) is 0. The first kappa shape index (κ1) is 12.5. The zero-order valence-corrected chi connectivity index (χ0v) is 13.7. The lowest BCUT2D eigenvalue weighted by atomic mass is 10.1. The van der Waals surface area contributed by atoms with Crippen molar-refractivity contribution in [2.24, 2.45) is 0 Å². The van der Waals surface area contributed by atoms with Crippen molar-refractivity contribution in [3.05, 3.63) is 57.9 Å². The van der Waals surface area contributed by atoms with Gasteiger partial charge in [0, 0.05) is 0 Å². The smallest absolute Gasteiger partial charge is 0.0622 e. The molecule has 2 heterocycles. The van der Waals surface area contributed by atoms with Crippen molar-refractivity contribution in [2.45, 2.75) is 0 Å². The second kappa shape index (κ2) is 5.30. The minimum atomic E-state index is 1.35. The zero-order valence-electron chi connectivity index (χ0n) is 10.4. The minimum Gasteiger partial charge on any atom is -0.0622 e. The van der Waals surface area contributed by atoms with E-state index < -0.39 is 0 Å². The van der Waals surface area contributed by atoms with Gasteiger partial charge in [-0.2, -0.15) is 0 Å². The molecule has 4 heteroatoms. The van der Waals surface area contributed by atoms with Crippen molar-refractivity contribution in [1.29, 1.82) is 0 Å². The maximum absolute atomic E-state index is 2.36. The summed E-state index contributed by atoms with van der Waals surface area (Å²) >= 11 is 7.29. The Labute approximate surface area is 133 Å². The van der Waals surface area contributed by atoms with Gasteiger partial charge in [-0.25, -0.2) is 0 Å². The van der Waals surface area contributed by atoms with Gasteiger partial charge < -0.3 is 0 Å². The molecule has 0 nitrogen and oxygen atoms in total. The molecule has 0 unspecified atom stereocenters. The van der Waals surface area contributed by atoms with Gasteiger partial charge in [0.25, 0.3) is 8.38 Å². The lowest BCUT2D eigenvalue weighted by Crippen LogP contribution is -1.71. The predicted molar refractivity (Wildman–Crippen MR) is 94.3 cm³/mol. The normalized spacial score (nSPS) is 11.0. The van der Waals surface area contributed by atoms with Crippen LogP contribution in [0.4, 0.5) is 0 Å². The van der Waals surface area contributed by atoms with Gasteiger partial charge in [-0.15, -0.1) is 0 Å². The summed E-state index contributed by atoms with van der Waals surface area (Å²) in [6.45, 7) is 0. The Morgan fingerprint density at radius 1 is 0.650 bits per heavy atom. The summed E-state index contributed by atoms with van der Waals surface area (Å²) < 4.78 is 2.77. The van der Waals surface area contributed by atoms with E-state index in [1.807, 2.05) is 45.3 Å². The topological polar surface area (TPSA) is 0 Å². The van der Waals surface area contributed by atoms with Gasteiger partial charge in [-0.3, -0.25) is 0 Å². The molecule has 0 N–H and O–H groups in total. The first-order valence-electron chi connectivity index (χ1n) is 6.16. The molecule has 0 spiro atoms. The molecule has 0 aromatic carbocycles. The van der Waals surface area contributed by atoms with Crippen molar-refractivity contribution in [1.82, 2.24) is 0 Å². The molecule has 0 amide bonds. The maximum atomic E-state index is 2.36. The van der Waals surface area contributed by atoms with Gasteiger partial charge in [0.2, 0.25) is 0 Å². The van der Waals surface area contributed by atoms with Crippen LogP contribution in [0.25, 0.3) is 30.6 Å². The van der Waals surface area contributed by atoms with E-state index in [1.165, 1.54) is 30.6 Å². The fourth-order valence-electron chi connectivity index (χ4n) is 2.32. The van der Waals surface area contributed by atoms with Crippen LogP contribution in [0.15, 0.2) is 57.9 Å². The number of hydrogen-bond donors (Lipinski definition) is 0.